The number of rotatable bonds is 3. The van der Waals surface area contributed by atoms with E-state index in [0.29, 0.717) is 12.0 Å². The third kappa shape index (κ3) is 3.22. The number of nitrogens with zero attached hydrogens (tertiary/aromatic N) is 2. The summed E-state index contributed by atoms with van der Waals surface area (Å²) in [5, 5.41) is 4.54. The van der Waals surface area contributed by atoms with Crippen LogP contribution in [-0.2, 0) is 0 Å². The number of amidine groups is 1. The summed E-state index contributed by atoms with van der Waals surface area (Å²) < 4.78 is 0. The molecule has 0 bridgehead atoms. The van der Waals surface area contributed by atoms with Crippen LogP contribution in [0.3, 0.4) is 0 Å². The molecule has 92 valence electrons. The van der Waals surface area contributed by atoms with Crippen LogP contribution in [0.25, 0.3) is 0 Å². The molecule has 0 saturated heterocycles. The Balaban J connectivity index is 1.96. The number of hydrogen-bond donors (Lipinski definition) is 1. The summed E-state index contributed by atoms with van der Waals surface area (Å²) in [7, 11) is 0. The van der Waals surface area contributed by atoms with E-state index in [1.807, 2.05) is 36.3 Å². The van der Waals surface area contributed by atoms with Crippen LogP contribution in [0.2, 0.25) is 0 Å². The minimum absolute atomic E-state index is 0.287. The van der Waals surface area contributed by atoms with Crippen molar-refractivity contribution in [3.63, 3.8) is 0 Å². The number of aromatic nitrogens is 1. The monoisotopic (exact) mass is 249 g/mol. The Hall–Kier alpha value is -1.03. The van der Waals surface area contributed by atoms with Crippen LogP contribution in [0.15, 0.2) is 29.5 Å². The molecule has 2 unspecified atom stereocenters. The Labute approximate surface area is 107 Å². The highest BCUT2D eigenvalue weighted by Crippen LogP contribution is 2.23. The van der Waals surface area contributed by atoms with Gasteiger partial charge in [0.05, 0.1) is 12.1 Å². The first-order valence-corrected chi connectivity index (χ1v) is 7.02. The fourth-order valence-corrected chi connectivity index (χ4v) is 2.99. The molecule has 0 aliphatic carbocycles. The van der Waals surface area contributed by atoms with Crippen molar-refractivity contribution in [1.29, 1.82) is 0 Å². The molecule has 2 heterocycles. The maximum Gasteiger partial charge on any atom is 0.157 e. The molecule has 0 spiro atoms. The first kappa shape index (κ1) is 12.4. The van der Waals surface area contributed by atoms with Gasteiger partial charge in [-0.3, -0.25) is 9.98 Å². The zero-order chi connectivity index (χ0) is 12.3. The Morgan fingerprint density at radius 2 is 2.00 bits per heavy atom. The van der Waals surface area contributed by atoms with Crippen LogP contribution < -0.4 is 5.32 Å². The summed E-state index contributed by atoms with van der Waals surface area (Å²) in [5.41, 5.74) is 1.25. The number of pyridine rings is 1. The molecule has 1 N–H and O–H groups in total. The molecule has 1 aliphatic heterocycles. The topological polar surface area (TPSA) is 37.3 Å². The van der Waals surface area contributed by atoms with Gasteiger partial charge >= 0.3 is 0 Å². The predicted octanol–water partition coefficient (Wildman–Crippen LogP) is 2.86. The number of thioether (sulfide) groups is 1. The fourth-order valence-electron chi connectivity index (χ4n) is 1.73. The molecule has 0 radical (unpaired) electrons. The van der Waals surface area contributed by atoms with Crippen molar-refractivity contribution >= 4 is 16.9 Å². The highest BCUT2D eigenvalue weighted by Gasteiger charge is 2.22. The summed E-state index contributed by atoms with van der Waals surface area (Å²) in [6, 6.07) is 4.83. The largest absolute Gasteiger partial charge is 0.358 e. The van der Waals surface area contributed by atoms with E-state index in [-0.39, 0.29) is 6.04 Å². The molecule has 2 rings (SSSR count). The van der Waals surface area contributed by atoms with Gasteiger partial charge in [-0.05, 0) is 30.5 Å². The lowest BCUT2D eigenvalue weighted by Crippen LogP contribution is -2.23. The van der Waals surface area contributed by atoms with Crippen LogP contribution in [-0.4, -0.2) is 21.9 Å². The standard InChI is InChI=1S/C13H19N3S/c1-9(2)12-8-17-13(16-12)15-10(3)11-4-6-14-7-5-11/h4-7,9-10,12H,8H2,1-3H3,(H,15,16). The summed E-state index contributed by atoms with van der Waals surface area (Å²) in [4.78, 5) is 8.74. The molecule has 0 amide bonds. The molecule has 0 saturated carbocycles. The number of hydrogen-bond acceptors (Lipinski definition) is 4. The van der Waals surface area contributed by atoms with E-state index in [2.05, 4.69) is 31.1 Å². The van der Waals surface area contributed by atoms with Gasteiger partial charge in [-0.15, -0.1) is 0 Å². The Kier molecular flexibility index (Phi) is 4.05. The van der Waals surface area contributed by atoms with Crippen LogP contribution >= 0.6 is 11.8 Å². The second-order valence-corrected chi connectivity index (χ2v) is 5.71. The molecule has 0 fully saturated rings. The van der Waals surface area contributed by atoms with E-state index in [1.54, 1.807) is 0 Å². The van der Waals surface area contributed by atoms with Crippen molar-refractivity contribution in [3.05, 3.63) is 30.1 Å². The summed E-state index contributed by atoms with van der Waals surface area (Å²) in [6.07, 6.45) is 3.65. The normalized spacial score (nSPS) is 21.4. The molecule has 1 aromatic rings. The van der Waals surface area contributed by atoms with E-state index in [9.17, 15) is 0 Å². The highest BCUT2D eigenvalue weighted by molar-refractivity contribution is 8.14. The quantitative estimate of drug-likeness (QED) is 0.895. The number of aliphatic imine (C=N–C) groups is 1. The molecular weight excluding hydrogens is 230 g/mol. The van der Waals surface area contributed by atoms with Gasteiger partial charge in [-0.1, -0.05) is 25.6 Å². The minimum atomic E-state index is 0.287. The first-order chi connectivity index (χ1) is 8.16. The smallest absolute Gasteiger partial charge is 0.157 e. The second kappa shape index (κ2) is 5.54. The Bertz CT molecular complexity index is 389. The van der Waals surface area contributed by atoms with E-state index in [1.165, 1.54) is 5.56 Å². The van der Waals surface area contributed by atoms with Gasteiger partial charge in [0, 0.05) is 18.1 Å². The van der Waals surface area contributed by atoms with Crippen LogP contribution in [0, 0.1) is 5.92 Å². The van der Waals surface area contributed by atoms with Gasteiger partial charge in [0.1, 0.15) is 0 Å². The lowest BCUT2D eigenvalue weighted by Gasteiger charge is -2.14. The Morgan fingerprint density at radius 3 is 2.59 bits per heavy atom. The van der Waals surface area contributed by atoms with Gasteiger partial charge in [-0.25, -0.2) is 0 Å². The molecule has 3 nitrogen and oxygen atoms in total. The van der Waals surface area contributed by atoms with Gasteiger partial charge < -0.3 is 5.32 Å². The fraction of sp³-hybridized carbons (Fsp3) is 0.538. The molecule has 17 heavy (non-hydrogen) atoms. The van der Waals surface area contributed by atoms with Gasteiger partial charge in [0.15, 0.2) is 5.17 Å². The molecule has 2 atom stereocenters. The summed E-state index contributed by atoms with van der Waals surface area (Å²) >= 11 is 1.83. The van der Waals surface area contributed by atoms with Crippen LogP contribution in [0.5, 0.6) is 0 Å². The molecule has 1 aromatic heterocycles. The van der Waals surface area contributed by atoms with Crippen LogP contribution in [0.4, 0.5) is 0 Å². The van der Waals surface area contributed by atoms with E-state index < -0.39 is 0 Å². The van der Waals surface area contributed by atoms with Gasteiger partial charge in [-0.2, -0.15) is 0 Å². The zero-order valence-electron chi connectivity index (χ0n) is 10.6. The average molecular weight is 249 g/mol. The lowest BCUT2D eigenvalue weighted by atomic mass is 10.1. The van der Waals surface area contributed by atoms with Crippen molar-refractivity contribution < 1.29 is 0 Å². The minimum Gasteiger partial charge on any atom is -0.358 e. The molecule has 0 aromatic carbocycles. The second-order valence-electron chi connectivity index (χ2n) is 4.70. The van der Waals surface area contributed by atoms with E-state index in [4.69, 9.17) is 4.99 Å². The Morgan fingerprint density at radius 1 is 1.29 bits per heavy atom. The van der Waals surface area contributed by atoms with Crippen LogP contribution in [0.1, 0.15) is 32.4 Å². The third-order valence-corrected chi connectivity index (χ3v) is 3.99. The highest BCUT2D eigenvalue weighted by atomic mass is 32.2. The SMILES string of the molecule is CC(NC1=NC(C(C)C)CS1)c1ccncc1. The number of nitrogens with one attached hydrogen (secondary N) is 1. The van der Waals surface area contributed by atoms with Gasteiger partial charge in [0.2, 0.25) is 0 Å². The molecule has 4 heteroatoms. The van der Waals surface area contributed by atoms with Crippen molar-refractivity contribution in [3.8, 4) is 0 Å². The van der Waals surface area contributed by atoms with Crippen molar-refractivity contribution in [2.45, 2.75) is 32.9 Å². The lowest BCUT2D eigenvalue weighted by molar-refractivity contribution is 0.541. The summed E-state index contributed by atoms with van der Waals surface area (Å²) in [5.74, 6) is 1.72. The third-order valence-electron chi connectivity index (χ3n) is 2.99. The molecule has 1 aliphatic rings. The molecular formula is C13H19N3S. The van der Waals surface area contributed by atoms with Crippen molar-refractivity contribution in [1.82, 2.24) is 10.3 Å². The van der Waals surface area contributed by atoms with Gasteiger partial charge in [0.25, 0.3) is 0 Å². The summed E-state index contributed by atoms with van der Waals surface area (Å²) in [6.45, 7) is 6.61. The van der Waals surface area contributed by atoms with Crippen molar-refractivity contribution in [2.24, 2.45) is 10.9 Å². The van der Waals surface area contributed by atoms with E-state index in [0.717, 1.165) is 10.9 Å². The van der Waals surface area contributed by atoms with E-state index >= 15 is 0 Å². The predicted molar refractivity (Wildman–Crippen MR) is 74.3 cm³/mol. The van der Waals surface area contributed by atoms with Crippen molar-refractivity contribution in [2.75, 3.05) is 5.75 Å². The zero-order valence-corrected chi connectivity index (χ0v) is 11.4. The first-order valence-electron chi connectivity index (χ1n) is 6.04. The maximum absolute atomic E-state index is 4.71. The maximum atomic E-state index is 4.71. The average Bonchev–Trinajstić information content (AvgIpc) is 2.79.